The number of hydrogen-bond acceptors (Lipinski definition) is 6. The van der Waals surface area contributed by atoms with Gasteiger partial charge in [0.2, 0.25) is 5.88 Å². The van der Waals surface area contributed by atoms with Crippen LogP contribution in [0.4, 0.5) is 0 Å². The molecule has 0 amide bonds. The molecule has 3 aromatic rings. The molecule has 1 aromatic carbocycles. The quantitative estimate of drug-likeness (QED) is 0.675. The minimum Gasteiger partial charge on any atom is -0.493 e. The highest BCUT2D eigenvalue weighted by molar-refractivity contribution is 7.13. The Morgan fingerprint density at radius 2 is 1.96 bits per heavy atom. The van der Waals surface area contributed by atoms with Gasteiger partial charge in [-0.15, -0.1) is 11.3 Å². The van der Waals surface area contributed by atoms with Crippen LogP contribution in [0.3, 0.4) is 0 Å². The van der Waals surface area contributed by atoms with Crippen molar-refractivity contribution in [3.8, 4) is 28.0 Å². The Morgan fingerprint density at radius 3 is 2.67 bits per heavy atom. The van der Waals surface area contributed by atoms with Crippen LogP contribution in [-0.2, 0) is 6.61 Å². The van der Waals surface area contributed by atoms with Gasteiger partial charge in [-0.05, 0) is 24.6 Å². The highest BCUT2D eigenvalue weighted by atomic mass is 32.1. The van der Waals surface area contributed by atoms with Gasteiger partial charge in [0.05, 0.1) is 25.5 Å². The highest BCUT2D eigenvalue weighted by Crippen LogP contribution is 2.39. The van der Waals surface area contributed by atoms with Gasteiger partial charge in [0.15, 0.2) is 11.5 Å². The molecular weight excluding hydrogens is 324 g/mol. The number of thiazole rings is 1. The summed E-state index contributed by atoms with van der Waals surface area (Å²) in [6.07, 6.45) is 1.78. The molecule has 0 N–H and O–H groups in total. The number of methoxy groups -OCH3 is 2. The average Bonchev–Trinajstić information content (AvgIpc) is 3.09. The lowest BCUT2D eigenvalue weighted by Crippen LogP contribution is -1.98. The van der Waals surface area contributed by atoms with Crippen molar-refractivity contribution in [1.29, 1.82) is 0 Å². The van der Waals surface area contributed by atoms with Crippen LogP contribution in [0.1, 0.15) is 11.3 Å². The first kappa shape index (κ1) is 16.3. The smallest absolute Gasteiger partial charge is 0.213 e. The summed E-state index contributed by atoms with van der Waals surface area (Å²) in [5.74, 6) is 1.96. The van der Waals surface area contributed by atoms with Crippen LogP contribution in [0, 0.1) is 6.92 Å². The predicted molar refractivity (Wildman–Crippen MR) is 94.0 cm³/mol. The molecule has 3 rings (SSSR count). The van der Waals surface area contributed by atoms with E-state index in [0.717, 1.165) is 21.8 Å². The third kappa shape index (κ3) is 3.49. The fourth-order valence-electron chi connectivity index (χ4n) is 2.24. The normalized spacial score (nSPS) is 10.5. The lowest BCUT2D eigenvalue weighted by Gasteiger charge is -2.10. The molecule has 0 saturated heterocycles. The molecule has 2 heterocycles. The Bertz CT molecular complexity index is 815. The van der Waals surface area contributed by atoms with Crippen molar-refractivity contribution in [3.05, 3.63) is 53.2 Å². The van der Waals surface area contributed by atoms with Crippen molar-refractivity contribution in [2.24, 2.45) is 0 Å². The third-order valence-electron chi connectivity index (χ3n) is 3.44. The van der Waals surface area contributed by atoms with Gasteiger partial charge in [-0.2, -0.15) is 0 Å². The summed E-state index contributed by atoms with van der Waals surface area (Å²) in [6.45, 7) is 2.36. The van der Waals surface area contributed by atoms with Gasteiger partial charge < -0.3 is 14.2 Å². The van der Waals surface area contributed by atoms with Crippen molar-refractivity contribution >= 4 is 11.3 Å². The Labute approximate surface area is 144 Å². The average molecular weight is 342 g/mol. The summed E-state index contributed by atoms with van der Waals surface area (Å²) in [5, 5.41) is 2.84. The molecule has 0 aliphatic heterocycles. The molecule has 0 fully saturated rings. The summed E-state index contributed by atoms with van der Waals surface area (Å²) in [4.78, 5) is 8.85. The fourth-order valence-corrected chi connectivity index (χ4v) is 3.07. The Hall–Kier alpha value is -2.60. The molecule has 0 saturated carbocycles. The van der Waals surface area contributed by atoms with Gasteiger partial charge in [-0.1, -0.05) is 12.1 Å². The zero-order valence-electron chi connectivity index (χ0n) is 13.8. The largest absolute Gasteiger partial charge is 0.493 e. The van der Waals surface area contributed by atoms with Gasteiger partial charge in [-0.25, -0.2) is 9.97 Å². The van der Waals surface area contributed by atoms with E-state index in [2.05, 4.69) is 9.97 Å². The summed E-state index contributed by atoms with van der Waals surface area (Å²) in [6, 6.07) is 9.57. The number of rotatable bonds is 6. The summed E-state index contributed by atoms with van der Waals surface area (Å²) >= 11 is 1.54. The van der Waals surface area contributed by atoms with Crippen molar-refractivity contribution in [1.82, 2.24) is 9.97 Å². The zero-order valence-corrected chi connectivity index (χ0v) is 14.6. The number of nitrogens with zero attached hydrogens (tertiary/aromatic N) is 2. The van der Waals surface area contributed by atoms with Crippen molar-refractivity contribution in [3.63, 3.8) is 0 Å². The molecule has 0 atom stereocenters. The maximum atomic E-state index is 5.67. The SMILES string of the molecule is COc1cccc(-c2nc(COc3ccc(C)cn3)cs2)c1OC. The third-order valence-corrected chi connectivity index (χ3v) is 4.36. The fraction of sp³-hybridized carbons (Fsp3) is 0.222. The van der Waals surface area contributed by atoms with E-state index in [-0.39, 0.29) is 0 Å². The van der Waals surface area contributed by atoms with Gasteiger partial charge in [0.1, 0.15) is 11.6 Å². The summed E-state index contributed by atoms with van der Waals surface area (Å²) < 4.78 is 16.5. The molecule has 0 radical (unpaired) electrons. The van der Waals surface area contributed by atoms with Crippen LogP contribution in [-0.4, -0.2) is 24.2 Å². The van der Waals surface area contributed by atoms with Crippen LogP contribution in [0.15, 0.2) is 41.9 Å². The zero-order chi connectivity index (χ0) is 16.9. The molecule has 0 unspecified atom stereocenters. The second-order valence-corrected chi connectivity index (χ2v) is 6.01. The molecular formula is C18H18N2O3S. The molecule has 0 bridgehead atoms. The van der Waals surface area contributed by atoms with Crippen molar-refractivity contribution < 1.29 is 14.2 Å². The van der Waals surface area contributed by atoms with Gasteiger partial charge in [0, 0.05) is 17.6 Å². The topological polar surface area (TPSA) is 53.5 Å². The number of para-hydroxylation sites is 1. The Kier molecular flexibility index (Phi) is 4.96. The van der Waals surface area contributed by atoms with E-state index in [1.54, 1.807) is 31.8 Å². The maximum absolute atomic E-state index is 5.67. The summed E-state index contributed by atoms with van der Waals surface area (Å²) in [7, 11) is 3.25. The first-order chi connectivity index (χ1) is 11.7. The minimum atomic E-state index is 0.374. The van der Waals surface area contributed by atoms with Gasteiger partial charge >= 0.3 is 0 Å². The number of hydrogen-bond donors (Lipinski definition) is 0. The lowest BCUT2D eigenvalue weighted by atomic mass is 10.2. The van der Waals surface area contributed by atoms with E-state index in [9.17, 15) is 0 Å². The minimum absolute atomic E-state index is 0.374. The molecule has 0 aliphatic carbocycles. The molecule has 0 spiro atoms. The number of pyridine rings is 1. The number of benzene rings is 1. The van der Waals surface area contributed by atoms with Crippen LogP contribution in [0.25, 0.3) is 10.6 Å². The molecule has 5 nitrogen and oxygen atoms in total. The van der Waals surface area contributed by atoms with Crippen molar-refractivity contribution in [2.75, 3.05) is 14.2 Å². The van der Waals surface area contributed by atoms with Crippen LogP contribution < -0.4 is 14.2 Å². The van der Waals surface area contributed by atoms with E-state index < -0.39 is 0 Å². The van der Waals surface area contributed by atoms with Crippen LogP contribution in [0.2, 0.25) is 0 Å². The van der Waals surface area contributed by atoms with Crippen LogP contribution in [0.5, 0.6) is 17.4 Å². The van der Waals surface area contributed by atoms with E-state index >= 15 is 0 Å². The Balaban J connectivity index is 1.77. The monoisotopic (exact) mass is 342 g/mol. The number of aryl methyl sites for hydroxylation is 1. The van der Waals surface area contributed by atoms with E-state index in [1.807, 2.05) is 42.6 Å². The molecule has 6 heteroatoms. The molecule has 24 heavy (non-hydrogen) atoms. The first-order valence-electron chi connectivity index (χ1n) is 7.42. The second kappa shape index (κ2) is 7.31. The maximum Gasteiger partial charge on any atom is 0.213 e. The summed E-state index contributed by atoms with van der Waals surface area (Å²) in [5.41, 5.74) is 2.85. The first-order valence-corrected chi connectivity index (χ1v) is 8.30. The molecule has 0 aliphatic rings. The Morgan fingerprint density at radius 1 is 1.08 bits per heavy atom. The predicted octanol–water partition coefficient (Wildman–Crippen LogP) is 4.11. The van der Waals surface area contributed by atoms with Crippen LogP contribution >= 0.6 is 11.3 Å². The van der Waals surface area contributed by atoms with Gasteiger partial charge in [-0.3, -0.25) is 0 Å². The number of aromatic nitrogens is 2. The molecule has 124 valence electrons. The van der Waals surface area contributed by atoms with E-state index in [4.69, 9.17) is 14.2 Å². The standard InChI is InChI=1S/C18H18N2O3S/c1-12-7-8-16(19-9-12)23-10-13-11-24-18(20-13)14-5-4-6-15(21-2)17(14)22-3/h4-9,11H,10H2,1-3H3. The lowest BCUT2D eigenvalue weighted by molar-refractivity contribution is 0.290. The van der Waals surface area contributed by atoms with Gasteiger partial charge in [0.25, 0.3) is 0 Å². The van der Waals surface area contributed by atoms with E-state index in [0.29, 0.717) is 24.0 Å². The number of ether oxygens (including phenoxy) is 3. The molecule has 2 aromatic heterocycles. The second-order valence-electron chi connectivity index (χ2n) is 5.15. The van der Waals surface area contributed by atoms with Crippen molar-refractivity contribution in [2.45, 2.75) is 13.5 Å². The van der Waals surface area contributed by atoms with E-state index in [1.165, 1.54) is 0 Å². The highest BCUT2D eigenvalue weighted by Gasteiger charge is 2.14.